The molecule has 0 fully saturated rings. The van der Waals surface area contributed by atoms with Crippen LogP contribution in [-0.4, -0.2) is 30.3 Å². The maximum atomic E-state index is 13.1. The molecule has 0 saturated heterocycles. The highest BCUT2D eigenvalue weighted by Crippen LogP contribution is 2.16. The third-order valence-corrected chi connectivity index (χ3v) is 2.70. The molecule has 1 rings (SSSR count). The van der Waals surface area contributed by atoms with E-state index in [1.165, 1.54) is 6.08 Å². The Hall–Kier alpha value is -2.51. The molecule has 1 amide bonds. The molecule has 1 atom stereocenters. The van der Waals surface area contributed by atoms with Gasteiger partial charge in [-0.2, -0.15) is 0 Å². The van der Waals surface area contributed by atoms with E-state index in [-0.39, 0.29) is 25.1 Å². The number of rotatable bonds is 7. The Balaban J connectivity index is 2.70. The van der Waals surface area contributed by atoms with Crippen LogP contribution in [0.15, 0.2) is 24.8 Å². The number of hydrogen-bond donors (Lipinski definition) is 2. The van der Waals surface area contributed by atoms with Gasteiger partial charge in [0.2, 0.25) is 0 Å². The second kappa shape index (κ2) is 8.06. The number of carbonyl (C=O) groups is 2. The van der Waals surface area contributed by atoms with Crippen molar-refractivity contribution >= 4 is 12.1 Å². The molecular formula is C14H14F3NO4. The van der Waals surface area contributed by atoms with Crippen molar-refractivity contribution in [2.45, 2.75) is 6.42 Å². The Morgan fingerprint density at radius 2 is 1.91 bits per heavy atom. The second-order valence-electron chi connectivity index (χ2n) is 4.38. The highest BCUT2D eigenvalue weighted by atomic mass is 19.2. The zero-order chi connectivity index (χ0) is 16.7. The zero-order valence-corrected chi connectivity index (χ0v) is 11.4. The molecule has 0 heterocycles. The minimum absolute atomic E-state index is 0.0370. The first-order valence-electron chi connectivity index (χ1n) is 6.23. The molecule has 0 spiro atoms. The average molecular weight is 317 g/mol. The number of carbonyl (C=O) groups excluding carboxylic acids is 1. The van der Waals surface area contributed by atoms with Crippen molar-refractivity contribution in [1.82, 2.24) is 5.32 Å². The number of aliphatic carboxylic acids is 1. The largest absolute Gasteiger partial charge is 0.481 e. The van der Waals surface area contributed by atoms with E-state index in [9.17, 15) is 22.8 Å². The van der Waals surface area contributed by atoms with E-state index in [1.807, 2.05) is 0 Å². The summed E-state index contributed by atoms with van der Waals surface area (Å²) in [5.74, 6) is -6.87. The molecule has 0 saturated carbocycles. The third kappa shape index (κ3) is 5.12. The lowest BCUT2D eigenvalue weighted by atomic mass is 9.99. The summed E-state index contributed by atoms with van der Waals surface area (Å²) in [5, 5.41) is 11.3. The normalized spacial score (nSPS) is 11.6. The molecule has 5 nitrogen and oxygen atoms in total. The van der Waals surface area contributed by atoms with Gasteiger partial charge in [0.25, 0.3) is 0 Å². The van der Waals surface area contributed by atoms with Crippen LogP contribution in [0.2, 0.25) is 0 Å². The molecule has 0 aliphatic carbocycles. The van der Waals surface area contributed by atoms with Crippen molar-refractivity contribution in [1.29, 1.82) is 0 Å². The van der Waals surface area contributed by atoms with Crippen molar-refractivity contribution in [3.63, 3.8) is 0 Å². The van der Waals surface area contributed by atoms with E-state index < -0.39 is 35.4 Å². The van der Waals surface area contributed by atoms with Crippen LogP contribution >= 0.6 is 0 Å². The molecule has 22 heavy (non-hydrogen) atoms. The van der Waals surface area contributed by atoms with Crippen LogP contribution in [0.25, 0.3) is 0 Å². The Bertz CT molecular complexity index is 554. The summed E-state index contributed by atoms with van der Waals surface area (Å²) in [6.07, 6.45) is 0.200. The monoisotopic (exact) mass is 317 g/mol. The molecule has 0 aromatic heterocycles. The predicted octanol–water partition coefficient (Wildman–Crippen LogP) is 2.26. The van der Waals surface area contributed by atoms with Crippen LogP contribution in [-0.2, 0) is 16.0 Å². The summed E-state index contributed by atoms with van der Waals surface area (Å²) in [6.45, 7) is 2.98. The molecule has 2 N–H and O–H groups in total. The van der Waals surface area contributed by atoms with Crippen LogP contribution in [0.5, 0.6) is 0 Å². The molecule has 1 aromatic rings. The average Bonchev–Trinajstić information content (AvgIpc) is 2.46. The van der Waals surface area contributed by atoms with Gasteiger partial charge >= 0.3 is 12.1 Å². The van der Waals surface area contributed by atoms with Gasteiger partial charge in [-0.1, -0.05) is 12.7 Å². The number of carboxylic acid groups (broad SMARTS) is 1. The van der Waals surface area contributed by atoms with Gasteiger partial charge in [0, 0.05) is 6.54 Å². The topological polar surface area (TPSA) is 75.6 Å². The molecule has 120 valence electrons. The Morgan fingerprint density at radius 1 is 1.32 bits per heavy atom. The summed E-state index contributed by atoms with van der Waals surface area (Å²) < 4.78 is 43.6. The number of nitrogens with one attached hydrogen (secondary N) is 1. The molecule has 8 heteroatoms. The van der Waals surface area contributed by atoms with Crippen LogP contribution in [0.3, 0.4) is 0 Å². The number of amides is 1. The van der Waals surface area contributed by atoms with Crippen molar-refractivity contribution in [2.75, 3.05) is 13.2 Å². The molecule has 0 bridgehead atoms. The van der Waals surface area contributed by atoms with Crippen LogP contribution in [0, 0.1) is 23.4 Å². The number of alkyl carbamates (subject to hydrolysis) is 1. The van der Waals surface area contributed by atoms with E-state index >= 15 is 0 Å². The molecule has 0 aliphatic rings. The van der Waals surface area contributed by atoms with Gasteiger partial charge in [-0.05, 0) is 24.1 Å². The Labute approximate surface area is 124 Å². The van der Waals surface area contributed by atoms with Gasteiger partial charge in [0.15, 0.2) is 17.5 Å². The van der Waals surface area contributed by atoms with Gasteiger partial charge in [0.05, 0.1) is 5.92 Å². The molecular weight excluding hydrogens is 303 g/mol. The first kappa shape index (κ1) is 17.5. The standard InChI is InChI=1S/C14H14F3NO4/c1-2-3-22-14(21)18-7-9(13(19)20)4-8-5-10(15)12(17)11(16)6-8/h2,5-6,9H,1,3-4,7H2,(H,18,21)(H,19,20). The van der Waals surface area contributed by atoms with E-state index in [1.54, 1.807) is 0 Å². The molecule has 1 unspecified atom stereocenters. The molecule has 0 radical (unpaired) electrons. The lowest BCUT2D eigenvalue weighted by molar-refractivity contribution is -0.141. The summed E-state index contributed by atoms with van der Waals surface area (Å²) >= 11 is 0. The van der Waals surface area contributed by atoms with Crippen molar-refractivity contribution in [3.8, 4) is 0 Å². The van der Waals surface area contributed by atoms with Crippen LogP contribution in [0.4, 0.5) is 18.0 Å². The predicted molar refractivity (Wildman–Crippen MR) is 70.7 cm³/mol. The molecule has 0 aliphatic heterocycles. The van der Waals surface area contributed by atoms with E-state index in [0.29, 0.717) is 12.1 Å². The Morgan fingerprint density at radius 3 is 2.41 bits per heavy atom. The zero-order valence-electron chi connectivity index (χ0n) is 11.4. The van der Waals surface area contributed by atoms with E-state index in [4.69, 9.17) is 5.11 Å². The third-order valence-electron chi connectivity index (χ3n) is 2.70. The quantitative estimate of drug-likeness (QED) is 0.597. The lowest BCUT2D eigenvalue weighted by Gasteiger charge is -2.13. The smallest absolute Gasteiger partial charge is 0.407 e. The number of ether oxygens (including phenoxy) is 1. The maximum absolute atomic E-state index is 13.1. The minimum Gasteiger partial charge on any atom is -0.481 e. The summed E-state index contributed by atoms with van der Waals surface area (Å²) in [4.78, 5) is 22.3. The summed E-state index contributed by atoms with van der Waals surface area (Å²) in [7, 11) is 0. The van der Waals surface area contributed by atoms with Gasteiger partial charge < -0.3 is 15.2 Å². The first-order valence-corrected chi connectivity index (χ1v) is 6.23. The second-order valence-corrected chi connectivity index (χ2v) is 4.38. The van der Waals surface area contributed by atoms with Crippen molar-refractivity contribution in [2.24, 2.45) is 5.92 Å². The van der Waals surface area contributed by atoms with Crippen molar-refractivity contribution < 1.29 is 32.6 Å². The SMILES string of the molecule is C=CCOC(=O)NCC(Cc1cc(F)c(F)c(F)c1)C(=O)O. The minimum atomic E-state index is -1.62. The summed E-state index contributed by atoms with van der Waals surface area (Å²) in [5.41, 5.74) is -0.0370. The fourth-order valence-electron chi connectivity index (χ4n) is 1.65. The van der Waals surface area contributed by atoms with Gasteiger partial charge in [-0.15, -0.1) is 0 Å². The highest BCUT2D eigenvalue weighted by Gasteiger charge is 2.21. The first-order chi connectivity index (χ1) is 10.3. The maximum Gasteiger partial charge on any atom is 0.407 e. The summed E-state index contributed by atoms with van der Waals surface area (Å²) in [6, 6.07) is 1.43. The number of halogens is 3. The fourth-order valence-corrected chi connectivity index (χ4v) is 1.65. The number of benzene rings is 1. The van der Waals surface area contributed by atoms with E-state index in [0.717, 1.165) is 0 Å². The Kier molecular flexibility index (Phi) is 6.43. The van der Waals surface area contributed by atoms with Crippen LogP contribution < -0.4 is 5.32 Å². The highest BCUT2D eigenvalue weighted by molar-refractivity contribution is 5.72. The van der Waals surface area contributed by atoms with Crippen molar-refractivity contribution in [3.05, 3.63) is 47.8 Å². The number of hydrogen-bond acceptors (Lipinski definition) is 3. The number of carboxylic acids is 1. The fraction of sp³-hybridized carbons (Fsp3) is 0.286. The van der Waals surface area contributed by atoms with Gasteiger partial charge in [-0.3, -0.25) is 4.79 Å². The van der Waals surface area contributed by atoms with Gasteiger partial charge in [-0.25, -0.2) is 18.0 Å². The van der Waals surface area contributed by atoms with E-state index in [2.05, 4.69) is 16.6 Å². The molecule has 1 aromatic carbocycles. The van der Waals surface area contributed by atoms with Crippen LogP contribution in [0.1, 0.15) is 5.56 Å². The lowest BCUT2D eigenvalue weighted by Crippen LogP contribution is -2.34. The van der Waals surface area contributed by atoms with Gasteiger partial charge in [0.1, 0.15) is 6.61 Å².